The molecule has 3 aromatic heterocycles. The molecule has 4 nitrogen and oxygen atoms in total. The van der Waals surface area contributed by atoms with Gasteiger partial charge in [-0.25, -0.2) is 0 Å². The predicted molar refractivity (Wildman–Crippen MR) is 246 cm³/mol. The van der Waals surface area contributed by atoms with Crippen molar-refractivity contribution < 1.29 is 24.5 Å². The number of imidazole rings is 1. The maximum atomic E-state index is 6.40. The number of hydrogen-bond donors (Lipinski definition) is 0. The van der Waals surface area contributed by atoms with E-state index in [0.29, 0.717) is 5.92 Å². The molecule has 293 valence electrons. The quantitative estimate of drug-likeness (QED) is 0.118. The molecule has 6 heteroatoms. The van der Waals surface area contributed by atoms with Crippen LogP contribution in [0.3, 0.4) is 0 Å². The van der Waals surface area contributed by atoms with Crippen molar-refractivity contribution in [2.75, 3.05) is 0 Å². The first-order valence-corrected chi connectivity index (χ1v) is 23.6. The summed E-state index contributed by atoms with van der Waals surface area (Å²) in [5.74, 6) is 1.48. The molecule has 10 rings (SSSR count). The number of benzene rings is 7. The Morgan fingerprint density at radius 3 is 2.25 bits per heavy atom. The smallest absolute Gasteiger partial charge is 0.120 e. The second-order valence-electron chi connectivity index (χ2n) is 16.4. The van der Waals surface area contributed by atoms with Gasteiger partial charge in [0.1, 0.15) is 5.58 Å². The van der Waals surface area contributed by atoms with Crippen molar-refractivity contribution in [2.24, 2.45) is 5.92 Å². The summed E-state index contributed by atoms with van der Waals surface area (Å²) >= 11 is 0. The zero-order valence-corrected chi connectivity index (χ0v) is 37.4. The zero-order chi connectivity index (χ0) is 39.8. The van der Waals surface area contributed by atoms with Gasteiger partial charge in [-0.15, -0.1) is 54.1 Å². The molecule has 0 unspecified atom stereocenters. The monoisotopic (exact) mass is 960 g/mol. The second-order valence-corrected chi connectivity index (χ2v) is 21.4. The fraction of sp³-hybridized carbons (Fsp3) is 0.132. The van der Waals surface area contributed by atoms with E-state index in [0.717, 1.165) is 73.1 Å². The molecular formula is C53H45IrN3OSi-2. The Labute approximate surface area is 361 Å². The van der Waals surface area contributed by atoms with Crippen LogP contribution >= 0.6 is 0 Å². The van der Waals surface area contributed by atoms with Crippen LogP contribution in [0.5, 0.6) is 0 Å². The minimum atomic E-state index is -1.34. The van der Waals surface area contributed by atoms with Gasteiger partial charge in [0, 0.05) is 42.8 Å². The van der Waals surface area contributed by atoms with Crippen LogP contribution in [0.4, 0.5) is 0 Å². The SMILES string of the molecule is CC(C)Cc1cc(-c2[c-]cccc2)ncc1[Si](C)(C)C.[Ir].[c-]1ccc2c(oc3ccccc32)c1-c1nc2ccccc2n1-c1cccc2ccc(-c3ccccc3)cc12. The molecule has 0 amide bonds. The summed E-state index contributed by atoms with van der Waals surface area (Å²) < 4.78 is 8.66. The standard InChI is InChI=1S/C35H21N2O.C18H24NSi.Ir/c1-2-10-23(11-3-1)25-21-20-24-12-8-18-31(29(24)22-25)37-32-17-6-5-16-30(32)36-35(37)28-15-9-14-27-26-13-4-7-19-33(26)38-34(27)28;1-14(2)11-16-12-17(15-9-7-6-8-10-15)19-13-18(16)20(3,4)5;/h1-14,16-22H;6-9,12-14H,11H2,1-5H3;/q2*-1;. The van der Waals surface area contributed by atoms with E-state index >= 15 is 0 Å². The van der Waals surface area contributed by atoms with Crippen molar-refractivity contribution >= 4 is 57.0 Å². The summed E-state index contributed by atoms with van der Waals surface area (Å²) in [6.45, 7) is 11.7. The van der Waals surface area contributed by atoms with Gasteiger partial charge >= 0.3 is 0 Å². The molecule has 0 spiro atoms. The molecule has 1 radical (unpaired) electrons. The van der Waals surface area contributed by atoms with Crippen molar-refractivity contribution in [3.63, 3.8) is 0 Å². The molecule has 0 bridgehead atoms. The van der Waals surface area contributed by atoms with Gasteiger partial charge in [-0.2, -0.15) is 0 Å². The van der Waals surface area contributed by atoms with Gasteiger partial charge in [-0.1, -0.05) is 141 Å². The first-order chi connectivity index (χ1) is 28.2. The van der Waals surface area contributed by atoms with Gasteiger partial charge in [0.2, 0.25) is 0 Å². The second kappa shape index (κ2) is 16.7. The maximum Gasteiger partial charge on any atom is 0.120 e. The van der Waals surface area contributed by atoms with Gasteiger partial charge < -0.3 is 14.0 Å². The van der Waals surface area contributed by atoms with Gasteiger partial charge in [-0.05, 0) is 70.1 Å². The Hall–Kier alpha value is -5.91. The number of furan rings is 1. The first-order valence-electron chi connectivity index (χ1n) is 20.1. The van der Waals surface area contributed by atoms with Crippen LogP contribution in [-0.2, 0) is 26.5 Å². The molecule has 3 heterocycles. The van der Waals surface area contributed by atoms with Crippen LogP contribution in [0, 0.1) is 18.1 Å². The minimum Gasteiger partial charge on any atom is -0.501 e. The molecule has 0 N–H and O–H groups in total. The number of nitrogens with zero attached hydrogens (tertiary/aromatic N) is 3. The summed E-state index contributed by atoms with van der Waals surface area (Å²) in [6, 6.07) is 61.2. The number of aromatic nitrogens is 3. The number of para-hydroxylation sites is 3. The predicted octanol–water partition coefficient (Wildman–Crippen LogP) is 13.5. The first kappa shape index (κ1) is 39.9. The number of hydrogen-bond acceptors (Lipinski definition) is 3. The largest absolute Gasteiger partial charge is 0.501 e. The molecular weight excluding hydrogens is 915 g/mol. The van der Waals surface area contributed by atoms with Gasteiger partial charge in [0.15, 0.2) is 0 Å². The maximum absolute atomic E-state index is 6.40. The van der Waals surface area contributed by atoms with E-state index in [-0.39, 0.29) is 20.1 Å². The normalized spacial score (nSPS) is 11.6. The van der Waals surface area contributed by atoms with Crippen LogP contribution in [0.1, 0.15) is 19.4 Å². The molecule has 0 atom stereocenters. The van der Waals surface area contributed by atoms with E-state index in [2.05, 4.69) is 171 Å². The summed E-state index contributed by atoms with van der Waals surface area (Å²) in [4.78, 5) is 9.83. The van der Waals surface area contributed by atoms with Gasteiger partial charge in [0.25, 0.3) is 0 Å². The number of fused-ring (bicyclic) bond motifs is 5. The molecule has 59 heavy (non-hydrogen) atoms. The fourth-order valence-electron chi connectivity index (χ4n) is 8.04. The third kappa shape index (κ3) is 7.96. The molecule has 10 aromatic rings. The molecule has 0 saturated heterocycles. The summed E-state index contributed by atoms with van der Waals surface area (Å²) in [6.07, 6.45) is 3.24. The Balaban J connectivity index is 0.000000197. The number of rotatable bonds is 7. The van der Waals surface area contributed by atoms with Crippen LogP contribution in [-0.4, -0.2) is 22.6 Å². The Kier molecular flexibility index (Phi) is 11.3. The van der Waals surface area contributed by atoms with Crippen molar-refractivity contribution in [3.8, 4) is 39.5 Å². The summed E-state index contributed by atoms with van der Waals surface area (Å²) in [5.41, 5.74) is 11.5. The van der Waals surface area contributed by atoms with E-state index in [1.807, 2.05) is 48.5 Å². The third-order valence-electron chi connectivity index (χ3n) is 10.7. The van der Waals surface area contributed by atoms with E-state index in [4.69, 9.17) is 9.40 Å². The van der Waals surface area contributed by atoms with E-state index in [1.54, 1.807) is 0 Å². The molecule has 0 aliphatic rings. The minimum absolute atomic E-state index is 0. The molecule has 0 aliphatic heterocycles. The Morgan fingerprint density at radius 1 is 0.678 bits per heavy atom. The number of pyridine rings is 1. The topological polar surface area (TPSA) is 43.9 Å². The van der Waals surface area contributed by atoms with Crippen LogP contribution in [0.15, 0.2) is 168 Å². The zero-order valence-electron chi connectivity index (χ0n) is 34.0. The van der Waals surface area contributed by atoms with Crippen LogP contribution in [0.25, 0.3) is 83.2 Å². The fourth-order valence-corrected chi connectivity index (χ4v) is 9.63. The van der Waals surface area contributed by atoms with E-state index in [9.17, 15) is 0 Å². The summed E-state index contributed by atoms with van der Waals surface area (Å²) in [5, 5.41) is 5.99. The van der Waals surface area contributed by atoms with Gasteiger partial charge in [-0.3, -0.25) is 4.98 Å². The van der Waals surface area contributed by atoms with Crippen LogP contribution < -0.4 is 5.19 Å². The van der Waals surface area contributed by atoms with Crippen molar-refractivity contribution in [1.29, 1.82) is 0 Å². The Bertz CT molecular complexity index is 3050. The summed E-state index contributed by atoms with van der Waals surface area (Å²) in [7, 11) is -1.34. The average Bonchev–Trinajstić information content (AvgIpc) is 3.82. The molecule has 7 aromatic carbocycles. The molecule has 0 saturated carbocycles. The van der Waals surface area contributed by atoms with Crippen molar-refractivity contribution in [2.45, 2.75) is 39.9 Å². The van der Waals surface area contributed by atoms with E-state index in [1.165, 1.54) is 27.3 Å². The third-order valence-corrected chi connectivity index (χ3v) is 12.8. The van der Waals surface area contributed by atoms with Gasteiger partial charge in [0.05, 0.1) is 30.5 Å². The molecule has 0 aliphatic carbocycles. The Morgan fingerprint density at radius 2 is 1.46 bits per heavy atom. The van der Waals surface area contributed by atoms with Crippen molar-refractivity contribution in [3.05, 3.63) is 182 Å². The van der Waals surface area contributed by atoms with Crippen molar-refractivity contribution in [1.82, 2.24) is 14.5 Å². The van der Waals surface area contributed by atoms with E-state index < -0.39 is 8.07 Å². The average molecular weight is 960 g/mol. The van der Waals surface area contributed by atoms with Crippen LogP contribution in [0.2, 0.25) is 19.6 Å². The molecule has 0 fully saturated rings.